The van der Waals surface area contributed by atoms with Gasteiger partial charge in [-0.25, -0.2) is 0 Å². The monoisotopic (exact) mass is 476 g/mol. The Labute approximate surface area is 200 Å². The number of hydrogen-bond acceptors (Lipinski definition) is 7. The lowest BCUT2D eigenvalue weighted by Gasteiger charge is -2.34. The van der Waals surface area contributed by atoms with Crippen molar-refractivity contribution < 1.29 is 14.3 Å². The van der Waals surface area contributed by atoms with E-state index in [1.807, 2.05) is 17.2 Å². The van der Waals surface area contributed by atoms with E-state index in [9.17, 15) is 4.79 Å². The first-order chi connectivity index (χ1) is 15.5. The molecule has 0 unspecified atom stereocenters. The third-order valence-corrected chi connectivity index (χ3v) is 8.09. The zero-order chi connectivity index (χ0) is 22.7. The molecule has 1 aromatic rings. The molecule has 3 aliphatic rings. The highest BCUT2D eigenvalue weighted by Crippen LogP contribution is 2.38. The lowest BCUT2D eigenvalue weighted by Crippen LogP contribution is -2.45. The van der Waals surface area contributed by atoms with Gasteiger partial charge >= 0.3 is 0 Å². The number of hydrogen-bond donors (Lipinski definition) is 0. The number of amides is 1. The van der Waals surface area contributed by atoms with Crippen LogP contribution in [-0.4, -0.2) is 96.4 Å². The van der Waals surface area contributed by atoms with Gasteiger partial charge in [0.2, 0.25) is 0 Å². The molecule has 2 saturated heterocycles. The minimum absolute atomic E-state index is 0.0204. The third-order valence-electron chi connectivity index (χ3n) is 6.23. The van der Waals surface area contributed by atoms with Crippen LogP contribution in [0.3, 0.4) is 0 Å². The van der Waals surface area contributed by atoms with Crippen LogP contribution in [0.25, 0.3) is 0 Å². The van der Waals surface area contributed by atoms with Crippen molar-refractivity contribution in [3.63, 3.8) is 0 Å². The molecule has 9 heteroatoms. The molecule has 3 heterocycles. The molecule has 0 N–H and O–H groups in total. The average molecular weight is 477 g/mol. The summed E-state index contributed by atoms with van der Waals surface area (Å²) in [6, 6.07) is 3.69. The van der Waals surface area contributed by atoms with Gasteiger partial charge in [0.15, 0.2) is 11.5 Å². The van der Waals surface area contributed by atoms with E-state index in [2.05, 4.69) is 28.8 Å². The van der Waals surface area contributed by atoms with Crippen LogP contribution in [0.4, 0.5) is 5.69 Å². The maximum atomic E-state index is 13.0. The fourth-order valence-corrected chi connectivity index (χ4v) is 5.47. The number of nitrogens with zero attached hydrogens (tertiary/aromatic N) is 4. The van der Waals surface area contributed by atoms with Crippen LogP contribution in [0.2, 0.25) is 0 Å². The van der Waals surface area contributed by atoms with Gasteiger partial charge in [-0.15, -0.1) is 0 Å². The van der Waals surface area contributed by atoms with Gasteiger partial charge in [0.1, 0.15) is 4.32 Å². The fourth-order valence-electron chi connectivity index (χ4n) is 4.19. The smallest absolute Gasteiger partial charge is 0.256 e. The largest absolute Gasteiger partial charge is 0.493 e. The second-order valence-corrected chi connectivity index (χ2v) is 10.4. The van der Waals surface area contributed by atoms with E-state index in [-0.39, 0.29) is 11.9 Å². The Morgan fingerprint density at radius 1 is 1.25 bits per heavy atom. The van der Waals surface area contributed by atoms with Gasteiger partial charge in [-0.05, 0) is 31.9 Å². The van der Waals surface area contributed by atoms with Crippen LogP contribution < -0.4 is 9.47 Å². The van der Waals surface area contributed by atoms with E-state index < -0.39 is 0 Å². The van der Waals surface area contributed by atoms with Crippen LogP contribution in [0, 0.1) is 5.92 Å². The molecule has 2 atom stereocenters. The Balaban J connectivity index is 1.35. The summed E-state index contributed by atoms with van der Waals surface area (Å²) >= 11 is 7.36. The van der Waals surface area contributed by atoms with E-state index in [4.69, 9.17) is 21.7 Å². The van der Waals surface area contributed by atoms with Crippen molar-refractivity contribution in [2.45, 2.75) is 25.8 Å². The van der Waals surface area contributed by atoms with E-state index in [1.165, 1.54) is 0 Å². The summed E-state index contributed by atoms with van der Waals surface area (Å²) in [5.74, 6) is 2.41. The normalized spacial score (nSPS) is 21.7. The molecule has 1 amide bonds. The highest BCUT2D eigenvalue weighted by atomic mass is 32.2. The first-order valence-electron chi connectivity index (χ1n) is 11.3. The number of ether oxygens (including phenoxy) is 2. The number of likely N-dealkylation sites (N-methyl/N-ethyl adjacent to an activating group) is 1. The summed E-state index contributed by atoms with van der Waals surface area (Å²) < 4.78 is 12.6. The maximum Gasteiger partial charge on any atom is 0.256 e. The minimum atomic E-state index is 0.0204. The SMILES string of the molecule is COc1cc2c(cc1OC[C@H](C)CSC(=S)N1CCN(C)CC1)N=C[C@@H]1CCCN1C2=O. The predicted octanol–water partition coefficient (Wildman–Crippen LogP) is 3.30. The number of carbonyl (C=O) groups is 1. The number of thioether (sulfide) groups is 1. The van der Waals surface area contributed by atoms with Crippen molar-refractivity contribution >= 4 is 46.1 Å². The molecule has 7 nitrogen and oxygen atoms in total. The van der Waals surface area contributed by atoms with Crippen molar-refractivity contribution in [1.29, 1.82) is 0 Å². The van der Waals surface area contributed by atoms with E-state index >= 15 is 0 Å². The number of fused-ring (bicyclic) bond motifs is 2. The summed E-state index contributed by atoms with van der Waals surface area (Å²) in [7, 11) is 3.75. The van der Waals surface area contributed by atoms with E-state index in [0.29, 0.717) is 35.3 Å². The number of methoxy groups -OCH3 is 1. The molecule has 0 saturated carbocycles. The van der Waals surface area contributed by atoms with E-state index in [0.717, 1.165) is 55.6 Å². The quantitative estimate of drug-likeness (QED) is 0.584. The minimum Gasteiger partial charge on any atom is -0.493 e. The first kappa shape index (κ1) is 23.3. The summed E-state index contributed by atoms with van der Waals surface area (Å²) in [5, 5.41) is 0. The standard InChI is InChI=1S/C23H32N4O3S2/c1-16(15-32-23(31)26-9-7-25(2)8-10-26)14-30-21-12-19-18(11-20(21)29-3)22(28)27-6-4-5-17(27)13-24-19/h11-13,16-17H,4-10,14-15H2,1-3H3/t16-,17-/m0/s1. The van der Waals surface area contributed by atoms with Gasteiger partial charge in [0.05, 0.1) is 31.0 Å². The van der Waals surface area contributed by atoms with Gasteiger partial charge in [-0.3, -0.25) is 9.79 Å². The summed E-state index contributed by atoms with van der Waals surface area (Å²) in [6.45, 7) is 7.59. The zero-order valence-electron chi connectivity index (χ0n) is 19.1. The lowest BCUT2D eigenvalue weighted by molar-refractivity contribution is 0.0774. The second-order valence-electron chi connectivity index (χ2n) is 8.79. The molecular formula is C23H32N4O3S2. The van der Waals surface area contributed by atoms with Crippen LogP contribution in [0.5, 0.6) is 11.5 Å². The van der Waals surface area contributed by atoms with Crippen molar-refractivity contribution in [2.24, 2.45) is 10.9 Å². The number of benzene rings is 1. The molecule has 0 aromatic heterocycles. The number of aliphatic imine (C=N–C) groups is 1. The second kappa shape index (κ2) is 10.4. The molecule has 0 radical (unpaired) electrons. The topological polar surface area (TPSA) is 57.6 Å². The summed E-state index contributed by atoms with van der Waals surface area (Å²) in [6.07, 6.45) is 3.88. The number of thiocarbonyl (C=S) groups is 1. The molecule has 2 fully saturated rings. The summed E-state index contributed by atoms with van der Waals surface area (Å²) in [4.78, 5) is 24.1. The highest BCUT2D eigenvalue weighted by Gasteiger charge is 2.32. The molecule has 3 aliphatic heterocycles. The maximum absolute atomic E-state index is 13.0. The molecule has 0 spiro atoms. The predicted molar refractivity (Wildman–Crippen MR) is 134 cm³/mol. The first-order valence-corrected chi connectivity index (χ1v) is 12.7. The molecule has 0 aliphatic carbocycles. The third kappa shape index (κ3) is 5.21. The Hall–Kier alpha value is -1.84. The van der Waals surface area contributed by atoms with Crippen molar-refractivity contribution in [1.82, 2.24) is 14.7 Å². The lowest BCUT2D eigenvalue weighted by atomic mass is 10.1. The Morgan fingerprint density at radius 3 is 2.78 bits per heavy atom. The average Bonchev–Trinajstić information content (AvgIpc) is 3.23. The molecular weight excluding hydrogens is 444 g/mol. The van der Waals surface area contributed by atoms with Gasteiger partial charge in [0, 0.05) is 50.8 Å². The van der Waals surface area contributed by atoms with E-state index in [1.54, 1.807) is 24.9 Å². The van der Waals surface area contributed by atoms with Gasteiger partial charge < -0.3 is 24.2 Å². The molecule has 1 aromatic carbocycles. The van der Waals surface area contributed by atoms with Gasteiger partial charge in [0.25, 0.3) is 5.91 Å². The zero-order valence-corrected chi connectivity index (χ0v) is 20.7. The van der Waals surface area contributed by atoms with Crippen molar-refractivity contribution in [3.05, 3.63) is 17.7 Å². The molecule has 174 valence electrons. The van der Waals surface area contributed by atoms with Gasteiger partial charge in [-0.2, -0.15) is 0 Å². The molecule has 0 bridgehead atoms. The fraction of sp³-hybridized carbons (Fsp3) is 0.609. The Bertz CT molecular complexity index is 886. The van der Waals surface area contributed by atoms with Crippen molar-refractivity contribution in [3.8, 4) is 11.5 Å². The summed E-state index contributed by atoms with van der Waals surface area (Å²) in [5.41, 5.74) is 1.23. The van der Waals surface area contributed by atoms with Crippen molar-refractivity contribution in [2.75, 3.05) is 59.2 Å². The highest BCUT2D eigenvalue weighted by molar-refractivity contribution is 8.22. The number of rotatable bonds is 6. The number of carbonyl (C=O) groups excluding carboxylic acids is 1. The number of piperazine rings is 1. The van der Waals surface area contributed by atoms with Crippen LogP contribution >= 0.6 is 24.0 Å². The van der Waals surface area contributed by atoms with Crippen LogP contribution in [-0.2, 0) is 0 Å². The van der Waals surface area contributed by atoms with Crippen LogP contribution in [0.1, 0.15) is 30.1 Å². The Morgan fingerprint density at radius 2 is 2.03 bits per heavy atom. The van der Waals surface area contributed by atoms with Gasteiger partial charge in [-0.1, -0.05) is 30.9 Å². The molecule has 32 heavy (non-hydrogen) atoms. The Kier molecular flexibility index (Phi) is 7.58. The molecule has 4 rings (SSSR count). The van der Waals surface area contributed by atoms with Crippen LogP contribution in [0.15, 0.2) is 17.1 Å².